The maximum absolute atomic E-state index is 11.9. The number of hydrogen-bond donors (Lipinski definition) is 1. The summed E-state index contributed by atoms with van der Waals surface area (Å²) in [6.45, 7) is 1.19. The standard InChI is InChI=1S/C11H19ClF3N/c12-10-5-2-1-4-9(10)8-16-7-3-6-11(13,14)15/h9-10,16H,1-8H2. The van der Waals surface area contributed by atoms with Gasteiger partial charge in [-0.25, -0.2) is 0 Å². The molecule has 0 heterocycles. The molecule has 16 heavy (non-hydrogen) atoms. The van der Waals surface area contributed by atoms with Crippen molar-refractivity contribution in [3.8, 4) is 0 Å². The van der Waals surface area contributed by atoms with Crippen LogP contribution in [0.25, 0.3) is 0 Å². The molecule has 1 nitrogen and oxygen atoms in total. The van der Waals surface area contributed by atoms with Gasteiger partial charge in [-0.1, -0.05) is 12.8 Å². The van der Waals surface area contributed by atoms with Crippen molar-refractivity contribution in [2.45, 2.75) is 50.1 Å². The van der Waals surface area contributed by atoms with Gasteiger partial charge in [-0.3, -0.25) is 0 Å². The first-order chi connectivity index (χ1) is 7.49. The van der Waals surface area contributed by atoms with Gasteiger partial charge in [0, 0.05) is 11.8 Å². The van der Waals surface area contributed by atoms with Crippen LogP contribution in [-0.4, -0.2) is 24.6 Å². The second-order valence-corrected chi connectivity index (χ2v) is 5.04. The van der Waals surface area contributed by atoms with Crippen molar-refractivity contribution in [3.63, 3.8) is 0 Å². The van der Waals surface area contributed by atoms with Crippen molar-refractivity contribution in [1.29, 1.82) is 0 Å². The molecular formula is C11H19ClF3N. The van der Waals surface area contributed by atoms with Gasteiger partial charge in [0.2, 0.25) is 0 Å². The summed E-state index contributed by atoms with van der Waals surface area (Å²) in [5.74, 6) is 0.432. The Morgan fingerprint density at radius 3 is 2.50 bits per heavy atom. The average Bonchev–Trinajstić information content (AvgIpc) is 2.18. The summed E-state index contributed by atoms with van der Waals surface area (Å²) in [6, 6.07) is 0. The Morgan fingerprint density at radius 1 is 1.19 bits per heavy atom. The highest BCUT2D eigenvalue weighted by Gasteiger charge is 2.26. The lowest BCUT2D eigenvalue weighted by Crippen LogP contribution is -2.32. The average molecular weight is 258 g/mol. The van der Waals surface area contributed by atoms with E-state index in [0.29, 0.717) is 12.5 Å². The topological polar surface area (TPSA) is 12.0 Å². The molecule has 0 bridgehead atoms. The summed E-state index contributed by atoms with van der Waals surface area (Å²) in [4.78, 5) is 0. The van der Waals surface area contributed by atoms with Crippen LogP contribution in [0, 0.1) is 5.92 Å². The summed E-state index contributed by atoms with van der Waals surface area (Å²) >= 11 is 6.15. The Balaban J connectivity index is 2.02. The smallest absolute Gasteiger partial charge is 0.316 e. The highest BCUT2D eigenvalue weighted by atomic mass is 35.5. The zero-order valence-electron chi connectivity index (χ0n) is 9.32. The van der Waals surface area contributed by atoms with E-state index in [1.54, 1.807) is 0 Å². The molecule has 1 aliphatic carbocycles. The van der Waals surface area contributed by atoms with Crippen molar-refractivity contribution < 1.29 is 13.2 Å². The van der Waals surface area contributed by atoms with E-state index < -0.39 is 12.6 Å². The van der Waals surface area contributed by atoms with Crippen LogP contribution in [0.4, 0.5) is 13.2 Å². The van der Waals surface area contributed by atoms with Crippen molar-refractivity contribution in [2.75, 3.05) is 13.1 Å². The van der Waals surface area contributed by atoms with Crippen LogP contribution >= 0.6 is 11.6 Å². The summed E-state index contributed by atoms with van der Waals surface area (Å²) in [5, 5.41) is 3.27. The first-order valence-corrected chi connectivity index (χ1v) is 6.34. The summed E-state index contributed by atoms with van der Waals surface area (Å²) < 4.78 is 35.6. The van der Waals surface area contributed by atoms with Crippen LogP contribution in [0.15, 0.2) is 0 Å². The lowest BCUT2D eigenvalue weighted by atomic mass is 9.89. The number of halogens is 4. The van der Waals surface area contributed by atoms with E-state index in [0.717, 1.165) is 19.4 Å². The van der Waals surface area contributed by atoms with E-state index in [1.165, 1.54) is 12.8 Å². The van der Waals surface area contributed by atoms with Gasteiger partial charge in [0.1, 0.15) is 0 Å². The Labute approximate surface area is 99.7 Å². The van der Waals surface area contributed by atoms with Gasteiger partial charge in [0.05, 0.1) is 0 Å². The fourth-order valence-electron chi connectivity index (χ4n) is 2.09. The van der Waals surface area contributed by atoms with Crippen molar-refractivity contribution in [1.82, 2.24) is 5.32 Å². The Kier molecular flexibility index (Phi) is 5.90. The molecule has 2 atom stereocenters. The van der Waals surface area contributed by atoms with Crippen LogP contribution in [-0.2, 0) is 0 Å². The zero-order valence-corrected chi connectivity index (χ0v) is 10.1. The molecule has 0 saturated heterocycles. The lowest BCUT2D eigenvalue weighted by Gasteiger charge is -2.27. The maximum Gasteiger partial charge on any atom is 0.389 e. The molecule has 1 N–H and O–H groups in total. The highest BCUT2D eigenvalue weighted by molar-refractivity contribution is 6.20. The molecule has 1 saturated carbocycles. The summed E-state index contributed by atoms with van der Waals surface area (Å²) in [5.41, 5.74) is 0. The minimum atomic E-state index is -4.03. The van der Waals surface area contributed by atoms with Gasteiger partial charge < -0.3 is 5.32 Å². The van der Waals surface area contributed by atoms with Gasteiger partial charge in [0.25, 0.3) is 0 Å². The predicted molar refractivity (Wildman–Crippen MR) is 59.8 cm³/mol. The normalized spacial score (nSPS) is 27.0. The Hall–Kier alpha value is 0.0400. The minimum absolute atomic E-state index is 0.156. The first kappa shape index (κ1) is 14.1. The molecule has 0 radical (unpaired) electrons. The molecule has 5 heteroatoms. The van der Waals surface area contributed by atoms with Crippen molar-refractivity contribution in [3.05, 3.63) is 0 Å². The van der Waals surface area contributed by atoms with E-state index >= 15 is 0 Å². The van der Waals surface area contributed by atoms with Gasteiger partial charge >= 0.3 is 6.18 Å². The van der Waals surface area contributed by atoms with Crippen LogP contribution in [0.1, 0.15) is 38.5 Å². The molecule has 2 unspecified atom stereocenters. The quantitative estimate of drug-likeness (QED) is 0.585. The molecule has 1 aliphatic rings. The molecule has 0 aliphatic heterocycles. The minimum Gasteiger partial charge on any atom is -0.316 e. The largest absolute Gasteiger partial charge is 0.389 e. The van der Waals surface area contributed by atoms with E-state index in [1.807, 2.05) is 0 Å². The number of nitrogens with one attached hydrogen (secondary N) is 1. The monoisotopic (exact) mass is 257 g/mol. The second-order valence-electron chi connectivity index (χ2n) is 4.48. The fourth-order valence-corrected chi connectivity index (χ4v) is 2.46. The van der Waals surface area contributed by atoms with Crippen LogP contribution < -0.4 is 5.32 Å². The molecule has 0 spiro atoms. The SMILES string of the molecule is FC(F)(F)CCCNCC1CCCCC1Cl. The van der Waals surface area contributed by atoms with Crippen LogP contribution in [0.5, 0.6) is 0 Å². The summed E-state index contributed by atoms with van der Waals surface area (Å²) in [6.07, 6.45) is -0.0621. The van der Waals surface area contributed by atoms with E-state index in [2.05, 4.69) is 5.32 Å². The van der Waals surface area contributed by atoms with Crippen molar-refractivity contribution >= 4 is 11.6 Å². The zero-order chi connectivity index (χ0) is 12.0. The molecule has 0 aromatic heterocycles. The van der Waals surface area contributed by atoms with Gasteiger partial charge in [-0.05, 0) is 38.3 Å². The van der Waals surface area contributed by atoms with Gasteiger partial charge in [0.15, 0.2) is 0 Å². The molecule has 0 aromatic rings. The third-order valence-corrected chi connectivity index (χ3v) is 3.61. The van der Waals surface area contributed by atoms with E-state index in [-0.39, 0.29) is 11.8 Å². The molecule has 96 valence electrons. The molecule has 0 aromatic carbocycles. The third kappa shape index (κ3) is 5.94. The molecule has 0 amide bonds. The number of alkyl halides is 4. The second kappa shape index (κ2) is 6.70. The van der Waals surface area contributed by atoms with Crippen LogP contribution in [0.2, 0.25) is 0 Å². The van der Waals surface area contributed by atoms with Gasteiger partial charge in [-0.15, -0.1) is 11.6 Å². The molecular weight excluding hydrogens is 239 g/mol. The molecule has 1 rings (SSSR count). The summed E-state index contributed by atoms with van der Waals surface area (Å²) in [7, 11) is 0. The maximum atomic E-state index is 11.9. The third-order valence-electron chi connectivity index (χ3n) is 3.04. The Bertz CT molecular complexity index is 196. The first-order valence-electron chi connectivity index (χ1n) is 5.90. The predicted octanol–water partition coefficient (Wildman–Crippen LogP) is 3.72. The van der Waals surface area contributed by atoms with Crippen LogP contribution in [0.3, 0.4) is 0 Å². The van der Waals surface area contributed by atoms with Crippen molar-refractivity contribution in [2.24, 2.45) is 5.92 Å². The Morgan fingerprint density at radius 2 is 1.88 bits per heavy atom. The van der Waals surface area contributed by atoms with Gasteiger partial charge in [-0.2, -0.15) is 13.2 Å². The fraction of sp³-hybridized carbons (Fsp3) is 1.00. The number of hydrogen-bond acceptors (Lipinski definition) is 1. The lowest BCUT2D eigenvalue weighted by molar-refractivity contribution is -0.135. The van der Waals surface area contributed by atoms with E-state index in [9.17, 15) is 13.2 Å². The highest BCUT2D eigenvalue weighted by Crippen LogP contribution is 2.28. The number of rotatable bonds is 5. The molecule has 1 fully saturated rings. The van der Waals surface area contributed by atoms with E-state index in [4.69, 9.17) is 11.6 Å².